The maximum absolute atomic E-state index is 11.1. The van der Waals surface area contributed by atoms with Gasteiger partial charge in [0.25, 0.3) is 11.4 Å². The van der Waals surface area contributed by atoms with Gasteiger partial charge in [-0.1, -0.05) is 29.9 Å². The van der Waals surface area contributed by atoms with E-state index in [0.717, 1.165) is 5.56 Å². The van der Waals surface area contributed by atoms with Crippen molar-refractivity contribution < 1.29 is 19.7 Å². The smallest absolute Gasteiger partial charge is 0.288 e. The van der Waals surface area contributed by atoms with Crippen LogP contribution in [0, 0.1) is 17.0 Å². The van der Waals surface area contributed by atoms with Gasteiger partial charge in [-0.05, 0) is 42.8 Å². The van der Waals surface area contributed by atoms with Crippen molar-refractivity contribution in [1.29, 1.82) is 0 Å². The normalized spacial score (nSPS) is 11.6. The van der Waals surface area contributed by atoms with Gasteiger partial charge in [0.2, 0.25) is 0 Å². The lowest BCUT2D eigenvalue weighted by Gasteiger charge is -2.13. The van der Waals surface area contributed by atoms with Crippen LogP contribution < -0.4 is 9.88 Å². The Balaban J connectivity index is 2.11. The molecule has 0 bridgehead atoms. The quantitative estimate of drug-likeness (QED) is 0.125. The van der Waals surface area contributed by atoms with E-state index in [4.69, 9.17) is 23.8 Å². The molecule has 0 aliphatic heterocycles. The van der Waals surface area contributed by atoms with Crippen LogP contribution in [0.4, 0.5) is 11.4 Å². The van der Waals surface area contributed by atoms with Gasteiger partial charge in [-0.25, -0.2) is 0 Å². The van der Waals surface area contributed by atoms with E-state index in [-0.39, 0.29) is 28.7 Å². The van der Waals surface area contributed by atoms with Gasteiger partial charge >= 0.3 is 0 Å². The summed E-state index contributed by atoms with van der Waals surface area (Å²) < 4.78 is 1.58. The van der Waals surface area contributed by atoms with Crippen LogP contribution >= 0.6 is 23.8 Å². The largest absolute Gasteiger partial charge is 0.502 e. The van der Waals surface area contributed by atoms with Crippen LogP contribution in [0.3, 0.4) is 0 Å². The highest BCUT2D eigenvalue weighted by Gasteiger charge is 2.25. The fraction of sp³-hybridized carbons (Fsp3) is 0.0909. The van der Waals surface area contributed by atoms with Gasteiger partial charge in [0.15, 0.2) is 23.1 Å². The van der Waals surface area contributed by atoms with Crippen molar-refractivity contribution in [2.24, 2.45) is 0 Å². The highest BCUT2D eigenvalue weighted by molar-refractivity contribution is 7.81. The molecule has 0 atom stereocenters. The first kappa shape index (κ1) is 22.4. The number of nitrogens with one attached hydrogen (secondary N) is 1. The van der Waals surface area contributed by atoms with E-state index in [1.807, 2.05) is 13.0 Å². The number of thiocarbonyl (C=S) groups is 1. The molecule has 0 saturated carbocycles. The van der Waals surface area contributed by atoms with Crippen LogP contribution in [0.25, 0.3) is 11.5 Å². The lowest BCUT2D eigenvalue weighted by molar-refractivity contribution is -0.576. The number of nitro benzene ring substituents is 1. The van der Waals surface area contributed by atoms with Crippen LogP contribution in [0.2, 0.25) is 5.02 Å². The number of nitro groups is 1. The number of benzene rings is 2. The number of aliphatic hydroxyl groups excluding tert-OH is 2. The second-order valence-corrected chi connectivity index (χ2v) is 7.46. The van der Waals surface area contributed by atoms with Crippen molar-refractivity contribution in [3.05, 3.63) is 98.8 Å². The summed E-state index contributed by atoms with van der Waals surface area (Å²) in [6, 6.07) is 14.3. The minimum atomic E-state index is -0.515. The molecule has 7 nitrogen and oxygen atoms in total. The average Bonchev–Trinajstić information content (AvgIpc) is 2.77. The standard InChI is InChI=1S/C22H18ClN3O4S/c1-14-18(23)5-2-6-19(14)24-22(31)20(25-11-3-4-15(12-25)13-27)21(28)16-7-9-17(10-8-16)26(29)30/h2-12,27H,13H2,1H3,(H-,24,28,31)/p+1. The number of aromatic nitrogens is 1. The summed E-state index contributed by atoms with van der Waals surface area (Å²) in [6.45, 7) is 1.65. The molecule has 0 unspecified atom stereocenters. The summed E-state index contributed by atoms with van der Waals surface area (Å²) in [7, 11) is 0. The highest BCUT2D eigenvalue weighted by atomic mass is 35.5. The van der Waals surface area contributed by atoms with E-state index in [1.165, 1.54) is 24.3 Å². The number of aliphatic hydroxyl groups is 2. The molecule has 3 N–H and O–H groups in total. The van der Waals surface area contributed by atoms with Crippen molar-refractivity contribution in [2.45, 2.75) is 13.5 Å². The second kappa shape index (κ2) is 9.65. The molecule has 0 spiro atoms. The van der Waals surface area contributed by atoms with E-state index in [2.05, 4.69) is 5.32 Å². The Labute approximate surface area is 189 Å². The van der Waals surface area contributed by atoms with Gasteiger partial charge < -0.3 is 15.5 Å². The van der Waals surface area contributed by atoms with E-state index < -0.39 is 4.92 Å². The second-order valence-electron chi connectivity index (χ2n) is 6.65. The number of hydrogen-bond donors (Lipinski definition) is 3. The molecule has 0 amide bonds. The molecule has 31 heavy (non-hydrogen) atoms. The summed E-state index contributed by atoms with van der Waals surface area (Å²) in [5.74, 6) is -0.188. The Morgan fingerprint density at radius 1 is 1.19 bits per heavy atom. The van der Waals surface area contributed by atoms with Crippen LogP contribution in [0.15, 0.2) is 67.0 Å². The number of halogens is 1. The Morgan fingerprint density at radius 2 is 1.90 bits per heavy atom. The van der Waals surface area contributed by atoms with Gasteiger partial charge in [0, 0.05) is 40.0 Å². The van der Waals surface area contributed by atoms with E-state index >= 15 is 0 Å². The minimum Gasteiger partial charge on any atom is -0.502 e. The summed E-state index contributed by atoms with van der Waals surface area (Å²) in [6.07, 6.45) is 3.31. The monoisotopic (exact) mass is 456 g/mol. The average molecular weight is 457 g/mol. The van der Waals surface area contributed by atoms with Gasteiger partial charge in [0.1, 0.15) is 0 Å². The lowest BCUT2D eigenvalue weighted by Crippen LogP contribution is -2.39. The third kappa shape index (κ3) is 5.05. The lowest BCUT2D eigenvalue weighted by atomic mass is 10.1. The van der Waals surface area contributed by atoms with Crippen molar-refractivity contribution in [2.75, 3.05) is 5.32 Å². The molecule has 2 aromatic carbocycles. The van der Waals surface area contributed by atoms with Crippen LogP contribution in [0.5, 0.6) is 0 Å². The molecule has 1 aromatic heterocycles. The summed E-state index contributed by atoms with van der Waals surface area (Å²) in [5.41, 5.74) is 2.55. The fourth-order valence-electron chi connectivity index (χ4n) is 2.91. The summed E-state index contributed by atoms with van der Waals surface area (Å²) in [5, 5.41) is 35.2. The molecule has 0 fully saturated rings. The predicted octanol–water partition coefficient (Wildman–Crippen LogP) is 4.66. The van der Waals surface area contributed by atoms with Crippen LogP contribution in [0.1, 0.15) is 16.7 Å². The van der Waals surface area contributed by atoms with E-state index in [9.17, 15) is 20.3 Å². The third-order valence-corrected chi connectivity index (χ3v) is 5.31. The molecule has 0 aliphatic carbocycles. The van der Waals surface area contributed by atoms with E-state index in [1.54, 1.807) is 41.2 Å². The highest BCUT2D eigenvalue weighted by Crippen LogP contribution is 2.25. The number of nitrogens with zero attached hydrogens (tertiary/aromatic N) is 2. The van der Waals surface area contributed by atoms with Crippen molar-refractivity contribution in [1.82, 2.24) is 0 Å². The number of anilines is 1. The Hall–Kier alpha value is -3.33. The summed E-state index contributed by atoms with van der Waals surface area (Å²) in [4.78, 5) is 10.6. The number of pyridine rings is 1. The first-order valence-electron chi connectivity index (χ1n) is 9.17. The van der Waals surface area contributed by atoms with Crippen LogP contribution in [-0.4, -0.2) is 20.1 Å². The molecule has 0 radical (unpaired) electrons. The van der Waals surface area contributed by atoms with Crippen LogP contribution in [-0.2, 0) is 6.61 Å². The first-order valence-corrected chi connectivity index (χ1v) is 9.96. The molecular formula is C22H19ClN3O4S+. The maximum Gasteiger partial charge on any atom is 0.288 e. The molecule has 1 heterocycles. The maximum atomic E-state index is 11.1. The zero-order chi connectivity index (χ0) is 22.5. The number of hydrogen-bond acceptors (Lipinski definition) is 5. The Morgan fingerprint density at radius 3 is 2.55 bits per heavy atom. The molecule has 0 aliphatic rings. The Bertz CT molecular complexity index is 1180. The van der Waals surface area contributed by atoms with Crippen molar-refractivity contribution >= 4 is 51.6 Å². The molecule has 158 valence electrons. The summed E-state index contributed by atoms with van der Waals surface area (Å²) >= 11 is 11.8. The van der Waals surface area contributed by atoms with Crippen molar-refractivity contribution in [3.63, 3.8) is 0 Å². The number of rotatable bonds is 6. The Kier molecular flexibility index (Phi) is 6.96. The van der Waals surface area contributed by atoms with Gasteiger partial charge in [-0.3, -0.25) is 10.1 Å². The molecule has 9 heteroatoms. The molecular weight excluding hydrogens is 438 g/mol. The SMILES string of the molecule is Cc1c(Cl)cccc1NC(=S)/C(=C(\O)c1ccc([N+](=O)[O-])cc1)[n+]1cccc(CO)c1. The first-order chi connectivity index (χ1) is 14.8. The van der Waals surface area contributed by atoms with Gasteiger partial charge in [-0.2, -0.15) is 4.57 Å². The predicted molar refractivity (Wildman–Crippen MR) is 124 cm³/mol. The third-order valence-electron chi connectivity index (χ3n) is 4.61. The van der Waals surface area contributed by atoms with Gasteiger partial charge in [0.05, 0.1) is 11.5 Å². The zero-order valence-electron chi connectivity index (χ0n) is 16.4. The molecule has 3 rings (SSSR count). The number of non-ortho nitro benzene ring substituents is 1. The zero-order valence-corrected chi connectivity index (χ0v) is 18.0. The van der Waals surface area contributed by atoms with Gasteiger partial charge in [-0.15, -0.1) is 0 Å². The fourth-order valence-corrected chi connectivity index (χ4v) is 3.39. The van der Waals surface area contributed by atoms with E-state index in [0.29, 0.717) is 21.8 Å². The minimum absolute atomic E-state index is 0.0942. The molecule has 3 aromatic rings. The van der Waals surface area contributed by atoms with Crippen molar-refractivity contribution in [3.8, 4) is 0 Å². The molecule has 0 saturated heterocycles. The topological polar surface area (TPSA) is 99.5 Å².